The molecule has 0 aliphatic carbocycles. The van der Waals surface area contributed by atoms with Gasteiger partial charge in [0.15, 0.2) is 0 Å². The van der Waals surface area contributed by atoms with Crippen molar-refractivity contribution in [2.75, 3.05) is 0 Å². The highest BCUT2D eigenvalue weighted by Crippen LogP contribution is 2.09. The number of hydrogen-bond acceptors (Lipinski definition) is 4. The lowest BCUT2D eigenvalue weighted by Gasteiger charge is -1.99. The second-order valence-electron chi connectivity index (χ2n) is 4.83. The van der Waals surface area contributed by atoms with E-state index in [9.17, 15) is 9.18 Å². The number of rotatable bonds is 3. The Balaban J connectivity index is 1.60. The SMILES string of the molecule is O=C(C#Cc1ccccc1)OCc1cn(-c2cccc(F)c2)nn1. The van der Waals surface area contributed by atoms with E-state index >= 15 is 0 Å². The van der Waals surface area contributed by atoms with Crippen molar-refractivity contribution in [3.8, 4) is 17.5 Å². The van der Waals surface area contributed by atoms with E-state index in [1.165, 1.54) is 16.8 Å². The maximum atomic E-state index is 13.2. The summed E-state index contributed by atoms with van der Waals surface area (Å²) in [5.74, 6) is 4.09. The molecule has 3 aromatic rings. The fraction of sp³-hybridized carbons (Fsp3) is 0.0556. The van der Waals surface area contributed by atoms with Crippen LogP contribution in [0.25, 0.3) is 5.69 Å². The van der Waals surface area contributed by atoms with Gasteiger partial charge >= 0.3 is 5.97 Å². The predicted molar refractivity (Wildman–Crippen MR) is 84.4 cm³/mol. The first-order chi connectivity index (χ1) is 11.7. The van der Waals surface area contributed by atoms with Gasteiger partial charge in [-0.25, -0.2) is 13.9 Å². The predicted octanol–water partition coefficient (Wildman–Crippen LogP) is 2.50. The monoisotopic (exact) mass is 321 g/mol. The van der Waals surface area contributed by atoms with Crippen molar-refractivity contribution in [3.63, 3.8) is 0 Å². The summed E-state index contributed by atoms with van der Waals surface area (Å²) in [6, 6.07) is 15.1. The van der Waals surface area contributed by atoms with E-state index in [1.807, 2.05) is 18.2 Å². The van der Waals surface area contributed by atoms with Crippen molar-refractivity contribution in [2.24, 2.45) is 0 Å². The van der Waals surface area contributed by atoms with Gasteiger partial charge < -0.3 is 4.74 Å². The van der Waals surface area contributed by atoms with E-state index in [0.717, 1.165) is 5.56 Å². The lowest BCUT2D eigenvalue weighted by Crippen LogP contribution is -2.01. The van der Waals surface area contributed by atoms with Crippen LogP contribution in [0.1, 0.15) is 11.3 Å². The molecule has 5 nitrogen and oxygen atoms in total. The van der Waals surface area contributed by atoms with Crippen LogP contribution in [-0.2, 0) is 16.1 Å². The second kappa shape index (κ2) is 7.20. The maximum absolute atomic E-state index is 13.2. The number of aromatic nitrogens is 3. The smallest absolute Gasteiger partial charge is 0.385 e. The Morgan fingerprint density at radius 3 is 2.79 bits per heavy atom. The van der Waals surface area contributed by atoms with Crippen LogP contribution in [0.4, 0.5) is 4.39 Å². The van der Waals surface area contributed by atoms with Crippen LogP contribution in [0.15, 0.2) is 60.8 Å². The van der Waals surface area contributed by atoms with Crippen molar-refractivity contribution in [1.29, 1.82) is 0 Å². The van der Waals surface area contributed by atoms with Gasteiger partial charge in [-0.2, -0.15) is 0 Å². The number of hydrogen-bond donors (Lipinski definition) is 0. The molecule has 0 atom stereocenters. The van der Waals surface area contributed by atoms with Gasteiger partial charge in [-0.15, -0.1) is 5.10 Å². The molecule has 0 aliphatic heterocycles. The largest absolute Gasteiger partial charge is 0.449 e. The maximum Gasteiger partial charge on any atom is 0.385 e. The highest BCUT2D eigenvalue weighted by atomic mass is 19.1. The first-order valence-corrected chi connectivity index (χ1v) is 7.12. The summed E-state index contributed by atoms with van der Waals surface area (Å²) in [7, 11) is 0. The summed E-state index contributed by atoms with van der Waals surface area (Å²) in [5, 5.41) is 7.75. The molecule has 1 heterocycles. The quantitative estimate of drug-likeness (QED) is 0.549. The van der Waals surface area contributed by atoms with E-state index in [0.29, 0.717) is 11.4 Å². The summed E-state index contributed by atoms with van der Waals surface area (Å²) in [4.78, 5) is 11.6. The topological polar surface area (TPSA) is 57.0 Å². The van der Waals surface area contributed by atoms with Crippen molar-refractivity contribution in [2.45, 2.75) is 6.61 Å². The molecule has 0 fully saturated rings. The molecule has 0 amide bonds. The molecule has 24 heavy (non-hydrogen) atoms. The fourth-order valence-electron chi connectivity index (χ4n) is 1.93. The molecule has 118 valence electrons. The average Bonchev–Trinajstić information content (AvgIpc) is 3.08. The molecular weight excluding hydrogens is 309 g/mol. The number of esters is 1. The molecule has 1 aromatic heterocycles. The summed E-state index contributed by atoms with van der Waals surface area (Å²) < 4.78 is 19.6. The zero-order chi connectivity index (χ0) is 16.8. The molecule has 0 aliphatic rings. The lowest BCUT2D eigenvalue weighted by atomic mass is 10.2. The Labute approximate surface area is 137 Å². The Hall–Kier alpha value is -3.46. The number of benzene rings is 2. The van der Waals surface area contributed by atoms with E-state index in [-0.39, 0.29) is 12.4 Å². The Morgan fingerprint density at radius 2 is 2.00 bits per heavy atom. The normalized spacial score (nSPS) is 9.88. The third-order valence-electron chi connectivity index (χ3n) is 3.05. The molecule has 0 spiro atoms. The zero-order valence-electron chi connectivity index (χ0n) is 12.5. The van der Waals surface area contributed by atoms with Gasteiger partial charge in [-0.3, -0.25) is 0 Å². The van der Waals surface area contributed by atoms with Crippen LogP contribution < -0.4 is 0 Å². The third kappa shape index (κ3) is 4.05. The Morgan fingerprint density at radius 1 is 1.17 bits per heavy atom. The van der Waals surface area contributed by atoms with Gasteiger partial charge in [0.25, 0.3) is 0 Å². The minimum absolute atomic E-state index is 0.0579. The summed E-state index contributed by atoms with van der Waals surface area (Å²) in [6.45, 7) is -0.0579. The van der Waals surface area contributed by atoms with Gasteiger partial charge in [0.2, 0.25) is 0 Å². The second-order valence-corrected chi connectivity index (χ2v) is 4.83. The van der Waals surface area contributed by atoms with E-state index in [2.05, 4.69) is 22.2 Å². The van der Waals surface area contributed by atoms with Gasteiger partial charge in [0, 0.05) is 11.5 Å². The van der Waals surface area contributed by atoms with Gasteiger partial charge in [0.05, 0.1) is 11.9 Å². The van der Waals surface area contributed by atoms with Crippen LogP contribution in [0.2, 0.25) is 0 Å². The van der Waals surface area contributed by atoms with Crippen molar-refractivity contribution < 1.29 is 13.9 Å². The van der Waals surface area contributed by atoms with Crippen molar-refractivity contribution in [1.82, 2.24) is 15.0 Å². The first-order valence-electron chi connectivity index (χ1n) is 7.12. The van der Waals surface area contributed by atoms with E-state index in [1.54, 1.807) is 30.5 Å². The molecule has 0 N–H and O–H groups in total. The lowest BCUT2D eigenvalue weighted by molar-refractivity contribution is -0.138. The van der Waals surface area contributed by atoms with Gasteiger partial charge in [-0.05, 0) is 30.3 Å². The van der Waals surface area contributed by atoms with Crippen molar-refractivity contribution >= 4 is 5.97 Å². The molecular formula is C18H12FN3O2. The van der Waals surface area contributed by atoms with Crippen LogP contribution in [0.5, 0.6) is 0 Å². The van der Waals surface area contributed by atoms with Crippen LogP contribution in [-0.4, -0.2) is 21.0 Å². The minimum atomic E-state index is -0.654. The molecule has 3 rings (SSSR count). The summed E-state index contributed by atoms with van der Waals surface area (Å²) in [5.41, 5.74) is 1.70. The number of carbonyl (C=O) groups excluding carboxylic acids is 1. The number of ether oxygens (including phenoxy) is 1. The summed E-state index contributed by atoms with van der Waals surface area (Å²) in [6.07, 6.45) is 1.56. The standard InChI is InChI=1S/C18H12FN3O2/c19-15-7-4-8-17(11-15)22-12-16(20-21-22)13-24-18(23)10-9-14-5-2-1-3-6-14/h1-8,11-12H,13H2. The molecule has 2 aromatic carbocycles. The van der Waals surface area contributed by atoms with Crippen LogP contribution in [0.3, 0.4) is 0 Å². The van der Waals surface area contributed by atoms with Crippen LogP contribution in [0, 0.1) is 17.7 Å². The average molecular weight is 321 g/mol. The van der Waals surface area contributed by atoms with Gasteiger partial charge in [0.1, 0.15) is 18.1 Å². The summed E-state index contributed by atoms with van der Waals surface area (Å²) >= 11 is 0. The third-order valence-corrected chi connectivity index (χ3v) is 3.05. The van der Waals surface area contributed by atoms with Crippen LogP contribution >= 0.6 is 0 Å². The first kappa shape index (κ1) is 15.4. The van der Waals surface area contributed by atoms with E-state index in [4.69, 9.17) is 4.74 Å². The molecule has 0 unspecified atom stereocenters. The van der Waals surface area contributed by atoms with Crippen molar-refractivity contribution in [3.05, 3.63) is 77.9 Å². The highest BCUT2D eigenvalue weighted by Gasteiger charge is 2.06. The number of nitrogens with zero attached hydrogens (tertiary/aromatic N) is 3. The molecule has 0 radical (unpaired) electrons. The Kier molecular flexibility index (Phi) is 4.63. The number of halogens is 1. The van der Waals surface area contributed by atoms with Gasteiger partial charge in [-0.1, -0.05) is 35.4 Å². The highest BCUT2D eigenvalue weighted by molar-refractivity contribution is 5.89. The van der Waals surface area contributed by atoms with E-state index < -0.39 is 5.97 Å². The molecule has 6 heteroatoms. The molecule has 0 bridgehead atoms. The zero-order valence-corrected chi connectivity index (χ0v) is 12.5. The Bertz CT molecular complexity index is 911. The minimum Gasteiger partial charge on any atom is -0.449 e. The molecule has 0 saturated carbocycles. The molecule has 0 saturated heterocycles. The fourth-order valence-corrected chi connectivity index (χ4v) is 1.93. The number of carbonyl (C=O) groups is 1.